The molecule has 3 rings (SSSR count). The van der Waals surface area contributed by atoms with Gasteiger partial charge in [-0.25, -0.2) is 0 Å². The summed E-state index contributed by atoms with van der Waals surface area (Å²) in [7, 11) is 0. The smallest absolute Gasteiger partial charge is 0.123 e. The van der Waals surface area contributed by atoms with Crippen LogP contribution in [0.3, 0.4) is 0 Å². The fraction of sp³-hybridized carbons (Fsp3) is 0.600. The predicted molar refractivity (Wildman–Crippen MR) is 71.5 cm³/mol. The third kappa shape index (κ3) is 2.19. The monoisotopic (exact) mass is 247 g/mol. The zero-order chi connectivity index (χ0) is 12.5. The van der Waals surface area contributed by atoms with Gasteiger partial charge in [0.1, 0.15) is 17.6 Å². The first-order valence-corrected chi connectivity index (χ1v) is 6.92. The summed E-state index contributed by atoms with van der Waals surface area (Å²) in [5, 5.41) is 3.32. The molecule has 0 radical (unpaired) electrons. The van der Waals surface area contributed by atoms with Crippen molar-refractivity contribution in [2.45, 2.75) is 32.8 Å². The number of fused-ring (bicyclic) bond motifs is 1. The summed E-state index contributed by atoms with van der Waals surface area (Å²) in [5.41, 5.74) is 2.60. The minimum Gasteiger partial charge on any atom is -0.494 e. The topological polar surface area (TPSA) is 30.5 Å². The quantitative estimate of drug-likeness (QED) is 0.884. The molecule has 0 amide bonds. The van der Waals surface area contributed by atoms with E-state index in [9.17, 15) is 0 Å². The summed E-state index contributed by atoms with van der Waals surface area (Å²) in [6.07, 6.45) is 2.39. The Labute approximate surface area is 108 Å². The van der Waals surface area contributed by atoms with Crippen LogP contribution in [0.2, 0.25) is 0 Å². The Balaban J connectivity index is 1.87. The van der Waals surface area contributed by atoms with Crippen LogP contribution in [0, 0.1) is 5.92 Å². The van der Waals surface area contributed by atoms with Crippen LogP contribution >= 0.6 is 0 Å². The molecule has 2 aliphatic heterocycles. The van der Waals surface area contributed by atoms with E-state index in [0.29, 0.717) is 6.10 Å². The summed E-state index contributed by atoms with van der Waals surface area (Å²) in [6.45, 7) is 7.14. The summed E-state index contributed by atoms with van der Waals surface area (Å²) >= 11 is 0. The van der Waals surface area contributed by atoms with E-state index >= 15 is 0 Å². The zero-order valence-corrected chi connectivity index (χ0v) is 11.2. The highest BCUT2D eigenvalue weighted by Gasteiger charge is 2.24. The van der Waals surface area contributed by atoms with Gasteiger partial charge in [0.05, 0.1) is 6.61 Å². The molecule has 0 bridgehead atoms. The normalized spacial score (nSPS) is 22.2. The van der Waals surface area contributed by atoms with Crippen molar-refractivity contribution in [3.8, 4) is 11.5 Å². The highest BCUT2D eigenvalue weighted by Crippen LogP contribution is 2.36. The average molecular weight is 247 g/mol. The molecule has 2 aliphatic rings. The summed E-state index contributed by atoms with van der Waals surface area (Å²) in [5.74, 6) is 2.87. The molecule has 1 aromatic rings. The van der Waals surface area contributed by atoms with Crippen LogP contribution in [0.4, 0.5) is 0 Å². The van der Waals surface area contributed by atoms with Gasteiger partial charge in [-0.3, -0.25) is 0 Å². The molecule has 0 saturated carbocycles. The maximum atomic E-state index is 5.84. The first kappa shape index (κ1) is 11.8. The van der Waals surface area contributed by atoms with Gasteiger partial charge >= 0.3 is 0 Å². The van der Waals surface area contributed by atoms with Gasteiger partial charge in [0.15, 0.2) is 0 Å². The molecule has 3 nitrogen and oxygen atoms in total. The fourth-order valence-corrected chi connectivity index (χ4v) is 2.73. The number of hydrogen-bond donors (Lipinski definition) is 1. The third-order valence-corrected chi connectivity index (χ3v) is 3.75. The van der Waals surface area contributed by atoms with Gasteiger partial charge < -0.3 is 14.8 Å². The standard InChI is InChI=1S/C15H21NO2/c1-3-17-14-6-12-4-10(2)18-15(12)7-13(14)5-11-8-16-9-11/h6-7,10-11,16H,3-5,8-9H2,1-2H3. The molecule has 18 heavy (non-hydrogen) atoms. The van der Waals surface area contributed by atoms with Crippen molar-refractivity contribution in [3.05, 3.63) is 23.3 Å². The van der Waals surface area contributed by atoms with Crippen LogP contribution in [-0.2, 0) is 12.8 Å². The molecule has 0 aromatic heterocycles. The van der Waals surface area contributed by atoms with Crippen molar-refractivity contribution in [3.63, 3.8) is 0 Å². The molecule has 1 N–H and O–H groups in total. The molecule has 0 spiro atoms. The van der Waals surface area contributed by atoms with Crippen LogP contribution in [-0.4, -0.2) is 25.8 Å². The van der Waals surface area contributed by atoms with Crippen LogP contribution in [0.25, 0.3) is 0 Å². The van der Waals surface area contributed by atoms with E-state index in [4.69, 9.17) is 9.47 Å². The Morgan fingerprint density at radius 3 is 2.89 bits per heavy atom. The van der Waals surface area contributed by atoms with Crippen LogP contribution in [0.1, 0.15) is 25.0 Å². The molecule has 1 unspecified atom stereocenters. The van der Waals surface area contributed by atoms with Gasteiger partial charge in [-0.1, -0.05) is 0 Å². The molecular formula is C15H21NO2. The summed E-state index contributed by atoms with van der Waals surface area (Å²) in [6, 6.07) is 4.38. The van der Waals surface area contributed by atoms with Crippen molar-refractivity contribution >= 4 is 0 Å². The number of nitrogens with one attached hydrogen (secondary N) is 1. The molecule has 1 atom stereocenters. The molecule has 2 heterocycles. The van der Waals surface area contributed by atoms with Gasteiger partial charge in [-0.15, -0.1) is 0 Å². The van der Waals surface area contributed by atoms with Crippen molar-refractivity contribution in [2.75, 3.05) is 19.7 Å². The minimum atomic E-state index is 0.301. The first-order valence-electron chi connectivity index (χ1n) is 6.92. The second-order valence-corrected chi connectivity index (χ2v) is 5.36. The van der Waals surface area contributed by atoms with Gasteiger partial charge in [0, 0.05) is 12.0 Å². The number of rotatable bonds is 4. The van der Waals surface area contributed by atoms with E-state index in [2.05, 4.69) is 24.4 Å². The lowest BCUT2D eigenvalue weighted by Crippen LogP contribution is -2.43. The molecular weight excluding hydrogens is 226 g/mol. The van der Waals surface area contributed by atoms with E-state index in [1.165, 1.54) is 11.1 Å². The number of hydrogen-bond acceptors (Lipinski definition) is 3. The predicted octanol–water partition coefficient (Wildman–Crippen LogP) is 2.17. The van der Waals surface area contributed by atoms with Crippen LogP contribution in [0.5, 0.6) is 11.5 Å². The maximum absolute atomic E-state index is 5.84. The lowest BCUT2D eigenvalue weighted by atomic mass is 9.93. The fourth-order valence-electron chi connectivity index (χ4n) is 2.73. The van der Waals surface area contributed by atoms with Crippen molar-refractivity contribution in [1.29, 1.82) is 0 Å². The molecule has 1 fully saturated rings. The van der Waals surface area contributed by atoms with Gasteiger partial charge in [0.2, 0.25) is 0 Å². The van der Waals surface area contributed by atoms with Crippen LogP contribution in [0.15, 0.2) is 12.1 Å². The van der Waals surface area contributed by atoms with E-state index in [1.807, 2.05) is 6.92 Å². The summed E-state index contributed by atoms with van der Waals surface area (Å²) in [4.78, 5) is 0. The first-order chi connectivity index (χ1) is 8.76. The van der Waals surface area contributed by atoms with Gasteiger partial charge in [-0.2, -0.15) is 0 Å². The second-order valence-electron chi connectivity index (χ2n) is 5.36. The molecule has 0 aliphatic carbocycles. The Kier molecular flexibility index (Phi) is 3.16. The molecule has 1 aromatic carbocycles. The van der Waals surface area contributed by atoms with E-state index in [1.54, 1.807) is 0 Å². The van der Waals surface area contributed by atoms with E-state index in [0.717, 1.165) is 50.0 Å². The van der Waals surface area contributed by atoms with Crippen LogP contribution < -0.4 is 14.8 Å². The molecule has 1 saturated heterocycles. The lowest BCUT2D eigenvalue weighted by Gasteiger charge is -2.28. The van der Waals surface area contributed by atoms with Crippen molar-refractivity contribution < 1.29 is 9.47 Å². The summed E-state index contributed by atoms with van der Waals surface area (Å²) < 4.78 is 11.6. The number of benzene rings is 1. The zero-order valence-electron chi connectivity index (χ0n) is 11.2. The van der Waals surface area contributed by atoms with E-state index in [-0.39, 0.29) is 0 Å². The Bertz CT molecular complexity index is 440. The minimum absolute atomic E-state index is 0.301. The van der Waals surface area contributed by atoms with Crippen molar-refractivity contribution in [1.82, 2.24) is 5.32 Å². The average Bonchev–Trinajstić information content (AvgIpc) is 2.63. The van der Waals surface area contributed by atoms with Gasteiger partial charge in [-0.05, 0) is 57.0 Å². The highest BCUT2D eigenvalue weighted by molar-refractivity contribution is 5.49. The third-order valence-electron chi connectivity index (χ3n) is 3.75. The Hall–Kier alpha value is -1.22. The Morgan fingerprint density at radius 1 is 1.39 bits per heavy atom. The highest BCUT2D eigenvalue weighted by atomic mass is 16.5. The lowest BCUT2D eigenvalue weighted by molar-refractivity contribution is 0.254. The molecule has 98 valence electrons. The maximum Gasteiger partial charge on any atom is 0.123 e. The number of ether oxygens (including phenoxy) is 2. The van der Waals surface area contributed by atoms with Gasteiger partial charge in [0.25, 0.3) is 0 Å². The largest absolute Gasteiger partial charge is 0.494 e. The SMILES string of the molecule is CCOc1cc2c(cc1CC1CNC1)OC(C)C2. The molecule has 3 heteroatoms. The Morgan fingerprint density at radius 2 is 2.22 bits per heavy atom. The van der Waals surface area contributed by atoms with Crippen molar-refractivity contribution in [2.24, 2.45) is 5.92 Å². The second kappa shape index (κ2) is 4.81. The van der Waals surface area contributed by atoms with E-state index < -0.39 is 0 Å².